The van der Waals surface area contributed by atoms with Crippen LogP contribution in [0.25, 0.3) is 0 Å². The highest BCUT2D eigenvalue weighted by Crippen LogP contribution is 2.35. The Kier molecular flexibility index (Phi) is 3.93. The maximum Gasteiger partial charge on any atom is 0.257 e. The summed E-state index contributed by atoms with van der Waals surface area (Å²) in [6.45, 7) is 8.11. The summed E-state index contributed by atoms with van der Waals surface area (Å²) in [6, 6.07) is 4.75. The van der Waals surface area contributed by atoms with Gasteiger partial charge in [0.2, 0.25) is 0 Å². The predicted octanol–water partition coefficient (Wildman–Crippen LogP) is 2.91. The lowest BCUT2D eigenvalue weighted by Crippen LogP contribution is -2.31. The zero-order chi connectivity index (χ0) is 14.9. The van der Waals surface area contributed by atoms with Gasteiger partial charge in [-0.15, -0.1) is 0 Å². The molecule has 4 heteroatoms. The van der Waals surface area contributed by atoms with E-state index >= 15 is 0 Å². The number of ether oxygens (including phenoxy) is 1. The molecule has 1 aromatic carbocycles. The number of rotatable bonds is 2. The summed E-state index contributed by atoms with van der Waals surface area (Å²) in [4.78, 5) is 14.3. The molecule has 1 amide bonds. The van der Waals surface area contributed by atoms with Gasteiger partial charge in [-0.05, 0) is 36.0 Å². The maximum absolute atomic E-state index is 12.5. The van der Waals surface area contributed by atoms with Crippen molar-refractivity contribution in [3.05, 3.63) is 23.8 Å². The molecule has 1 saturated heterocycles. The first-order valence-electron chi connectivity index (χ1n) is 6.99. The third-order valence-electron chi connectivity index (χ3n) is 4.13. The largest absolute Gasteiger partial charge is 0.507 e. The highest BCUT2D eigenvalue weighted by atomic mass is 16.5. The van der Waals surface area contributed by atoms with Crippen molar-refractivity contribution in [1.29, 1.82) is 0 Å². The molecule has 1 fully saturated rings. The van der Waals surface area contributed by atoms with Gasteiger partial charge in [-0.1, -0.05) is 20.8 Å². The lowest BCUT2D eigenvalue weighted by molar-refractivity contribution is 0.0773. The van der Waals surface area contributed by atoms with E-state index in [0.717, 1.165) is 19.5 Å². The lowest BCUT2D eigenvalue weighted by Gasteiger charge is -2.27. The topological polar surface area (TPSA) is 49.8 Å². The smallest absolute Gasteiger partial charge is 0.257 e. The average Bonchev–Trinajstić information content (AvgIpc) is 2.88. The minimum absolute atomic E-state index is 0.00927. The first-order valence-corrected chi connectivity index (χ1v) is 6.99. The number of phenolic OH excluding ortho intramolecular Hbond substituents is 1. The van der Waals surface area contributed by atoms with Crippen molar-refractivity contribution in [2.75, 3.05) is 20.2 Å². The van der Waals surface area contributed by atoms with Gasteiger partial charge >= 0.3 is 0 Å². The second-order valence-electron chi connectivity index (χ2n) is 6.49. The molecule has 1 N–H and O–H groups in total. The Labute approximate surface area is 120 Å². The molecular weight excluding hydrogens is 254 g/mol. The van der Waals surface area contributed by atoms with E-state index in [4.69, 9.17) is 4.74 Å². The standard InChI is InChI=1S/C16H23NO3/c1-16(2,3)11-7-8-17(10-11)15(19)13-9-12(20-4)5-6-14(13)18/h5-6,9,11,18H,7-8,10H2,1-4H3. The number of hydrogen-bond acceptors (Lipinski definition) is 3. The molecule has 4 nitrogen and oxygen atoms in total. The first kappa shape index (κ1) is 14.7. The summed E-state index contributed by atoms with van der Waals surface area (Å²) >= 11 is 0. The van der Waals surface area contributed by atoms with E-state index in [-0.39, 0.29) is 17.1 Å². The van der Waals surface area contributed by atoms with Crippen LogP contribution in [0.3, 0.4) is 0 Å². The Bertz CT molecular complexity index is 505. The Balaban J connectivity index is 2.17. The molecule has 0 spiro atoms. The molecule has 110 valence electrons. The normalized spacial score (nSPS) is 19.2. The molecular formula is C16H23NO3. The third-order valence-corrected chi connectivity index (χ3v) is 4.13. The van der Waals surface area contributed by atoms with Crippen LogP contribution >= 0.6 is 0 Å². The number of likely N-dealkylation sites (tertiary alicyclic amines) is 1. The molecule has 1 aliphatic rings. The summed E-state index contributed by atoms with van der Waals surface area (Å²) in [5.41, 5.74) is 0.518. The van der Waals surface area contributed by atoms with Gasteiger partial charge in [0.25, 0.3) is 5.91 Å². The van der Waals surface area contributed by atoms with Gasteiger partial charge in [0.05, 0.1) is 12.7 Å². The van der Waals surface area contributed by atoms with Crippen molar-refractivity contribution in [3.8, 4) is 11.5 Å². The Morgan fingerprint density at radius 1 is 1.40 bits per heavy atom. The summed E-state index contributed by atoms with van der Waals surface area (Å²) in [5, 5.41) is 9.88. The summed E-state index contributed by atoms with van der Waals surface area (Å²) < 4.78 is 5.12. The van der Waals surface area contributed by atoms with Crippen molar-refractivity contribution in [1.82, 2.24) is 4.90 Å². The zero-order valence-corrected chi connectivity index (χ0v) is 12.6. The van der Waals surface area contributed by atoms with Crippen molar-refractivity contribution >= 4 is 5.91 Å². The Hall–Kier alpha value is -1.71. The second kappa shape index (κ2) is 5.35. The zero-order valence-electron chi connectivity index (χ0n) is 12.6. The predicted molar refractivity (Wildman–Crippen MR) is 78.1 cm³/mol. The fourth-order valence-corrected chi connectivity index (χ4v) is 2.64. The quantitative estimate of drug-likeness (QED) is 0.904. The van der Waals surface area contributed by atoms with E-state index in [1.165, 1.54) is 6.07 Å². The van der Waals surface area contributed by atoms with Gasteiger partial charge in [0.15, 0.2) is 0 Å². The number of hydrogen-bond donors (Lipinski definition) is 1. The molecule has 1 aromatic rings. The van der Waals surface area contributed by atoms with Gasteiger partial charge in [-0.25, -0.2) is 0 Å². The molecule has 0 radical (unpaired) electrons. The van der Waals surface area contributed by atoms with Crippen LogP contribution in [0.1, 0.15) is 37.6 Å². The van der Waals surface area contributed by atoms with Crippen LogP contribution in [0.5, 0.6) is 11.5 Å². The molecule has 2 rings (SSSR count). The molecule has 20 heavy (non-hydrogen) atoms. The maximum atomic E-state index is 12.5. The number of amides is 1. The highest BCUT2D eigenvalue weighted by Gasteiger charge is 2.34. The molecule has 0 bridgehead atoms. The molecule has 0 saturated carbocycles. The van der Waals surface area contributed by atoms with Crippen molar-refractivity contribution in [2.24, 2.45) is 11.3 Å². The number of benzene rings is 1. The van der Waals surface area contributed by atoms with E-state index < -0.39 is 0 Å². The molecule has 1 aliphatic heterocycles. The van der Waals surface area contributed by atoms with Gasteiger partial charge in [-0.3, -0.25) is 4.79 Å². The van der Waals surface area contributed by atoms with Crippen molar-refractivity contribution in [3.63, 3.8) is 0 Å². The monoisotopic (exact) mass is 277 g/mol. The fraction of sp³-hybridized carbons (Fsp3) is 0.562. The summed E-state index contributed by atoms with van der Waals surface area (Å²) in [7, 11) is 1.55. The number of carbonyl (C=O) groups is 1. The molecule has 0 aliphatic carbocycles. The van der Waals surface area contributed by atoms with Crippen LogP contribution in [0.4, 0.5) is 0 Å². The minimum Gasteiger partial charge on any atom is -0.507 e. The van der Waals surface area contributed by atoms with Crippen LogP contribution in [0.15, 0.2) is 18.2 Å². The van der Waals surface area contributed by atoms with E-state index in [9.17, 15) is 9.90 Å². The van der Waals surface area contributed by atoms with Crippen LogP contribution < -0.4 is 4.74 Å². The summed E-state index contributed by atoms with van der Waals surface area (Å²) in [6.07, 6.45) is 1.01. The molecule has 1 heterocycles. The van der Waals surface area contributed by atoms with E-state index in [0.29, 0.717) is 17.2 Å². The van der Waals surface area contributed by atoms with Crippen LogP contribution in [0, 0.1) is 11.3 Å². The van der Waals surface area contributed by atoms with Gasteiger partial charge in [0, 0.05) is 13.1 Å². The van der Waals surface area contributed by atoms with Crippen molar-refractivity contribution in [2.45, 2.75) is 27.2 Å². The van der Waals surface area contributed by atoms with Gasteiger partial charge in [-0.2, -0.15) is 0 Å². The first-order chi connectivity index (χ1) is 9.32. The average molecular weight is 277 g/mol. The number of phenols is 1. The van der Waals surface area contributed by atoms with Crippen LogP contribution in [-0.4, -0.2) is 36.1 Å². The second-order valence-corrected chi connectivity index (χ2v) is 6.49. The third kappa shape index (κ3) is 2.89. The Morgan fingerprint density at radius 2 is 2.10 bits per heavy atom. The van der Waals surface area contributed by atoms with E-state index in [1.807, 2.05) is 4.90 Å². The molecule has 1 atom stereocenters. The van der Waals surface area contributed by atoms with Crippen LogP contribution in [0.2, 0.25) is 0 Å². The van der Waals surface area contributed by atoms with Crippen LogP contribution in [-0.2, 0) is 0 Å². The van der Waals surface area contributed by atoms with E-state index in [2.05, 4.69) is 20.8 Å². The summed E-state index contributed by atoms with van der Waals surface area (Å²) in [5.74, 6) is 0.972. The number of methoxy groups -OCH3 is 1. The molecule has 0 aromatic heterocycles. The number of aromatic hydroxyl groups is 1. The molecule has 1 unspecified atom stereocenters. The lowest BCUT2D eigenvalue weighted by atomic mass is 9.80. The van der Waals surface area contributed by atoms with Gasteiger partial charge in [0.1, 0.15) is 11.5 Å². The fourth-order valence-electron chi connectivity index (χ4n) is 2.64. The van der Waals surface area contributed by atoms with Gasteiger partial charge < -0.3 is 14.7 Å². The van der Waals surface area contributed by atoms with E-state index in [1.54, 1.807) is 19.2 Å². The Morgan fingerprint density at radius 3 is 2.65 bits per heavy atom. The highest BCUT2D eigenvalue weighted by molar-refractivity contribution is 5.97. The number of carbonyl (C=O) groups excluding carboxylic acids is 1. The minimum atomic E-state index is -0.117. The SMILES string of the molecule is COc1ccc(O)c(C(=O)N2CCC(C(C)(C)C)C2)c1. The van der Waals surface area contributed by atoms with Crippen molar-refractivity contribution < 1.29 is 14.6 Å². The number of nitrogens with zero attached hydrogens (tertiary/aromatic N) is 1.